The maximum absolute atomic E-state index is 12.7. The maximum Gasteiger partial charge on any atom is 0.243 e. The number of methoxy groups -OCH3 is 1. The zero-order valence-corrected chi connectivity index (χ0v) is 18.1. The van der Waals surface area contributed by atoms with Crippen molar-refractivity contribution in [2.45, 2.75) is 26.4 Å². The molecule has 2 aromatic rings. The van der Waals surface area contributed by atoms with Crippen LogP contribution in [0.5, 0.6) is 5.75 Å². The number of hydrogen-bond donors (Lipinski definition) is 1. The number of carbonyl (C=O) groups excluding carboxylic acids is 2. The third-order valence-electron chi connectivity index (χ3n) is 4.50. The van der Waals surface area contributed by atoms with Crippen LogP contribution in [-0.4, -0.2) is 54.9 Å². The molecule has 0 aromatic heterocycles. The van der Waals surface area contributed by atoms with Crippen LogP contribution in [0, 0.1) is 0 Å². The van der Waals surface area contributed by atoms with Crippen LogP contribution < -0.4 is 10.1 Å². The molecular weight excluding hydrogens is 390 g/mol. The van der Waals surface area contributed by atoms with Crippen LogP contribution >= 0.6 is 11.6 Å². The normalized spacial score (nSPS) is 10.9. The Morgan fingerprint density at radius 1 is 1.10 bits per heavy atom. The van der Waals surface area contributed by atoms with E-state index in [-0.39, 0.29) is 30.9 Å². The molecule has 6 nitrogen and oxygen atoms in total. The number of amides is 2. The van der Waals surface area contributed by atoms with Gasteiger partial charge in [0.25, 0.3) is 0 Å². The molecule has 2 aromatic carbocycles. The van der Waals surface area contributed by atoms with Gasteiger partial charge in [-0.3, -0.25) is 14.5 Å². The van der Waals surface area contributed by atoms with Gasteiger partial charge in [0.2, 0.25) is 11.8 Å². The van der Waals surface area contributed by atoms with Gasteiger partial charge in [0.1, 0.15) is 5.75 Å². The predicted molar refractivity (Wildman–Crippen MR) is 116 cm³/mol. The van der Waals surface area contributed by atoms with Crippen LogP contribution in [0.25, 0.3) is 0 Å². The molecule has 29 heavy (non-hydrogen) atoms. The van der Waals surface area contributed by atoms with Crippen LogP contribution in [0.2, 0.25) is 5.02 Å². The molecule has 0 bridgehead atoms. The highest BCUT2D eigenvalue weighted by atomic mass is 35.5. The zero-order valence-electron chi connectivity index (χ0n) is 17.3. The highest BCUT2D eigenvalue weighted by Crippen LogP contribution is 2.17. The van der Waals surface area contributed by atoms with E-state index in [0.29, 0.717) is 23.0 Å². The topological polar surface area (TPSA) is 61.9 Å². The van der Waals surface area contributed by atoms with E-state index in [1.54, 1.807) is 38.4 Å². The van der Waals surface area contributed by atoms with Gasteiger partial charge in [0.05, 0.1) is 20.2 Å². The number of carbonyl (C=O) groups is 2. The lowest BCUT2D eigenvalue weighted by molar-refractivity contribution is -0.134. The summed E-state index contributed by atoms with van der Waals surface area (Å²) >= 11 is 6.06. The van der Waals surface area contributed by atoms with Crippen molar-refractivity contribution in [3.05, 3.63) is 59.1 Å². The first-order valence-electron chi connectivity index (χ1n) is 9.45. The molecule has 0 unspecified atom stereocenters. The first-order valence-corrected chi connectivity index (χ1v) is 9.82. The van der Waals surface area contributed by atoms with Gasteiger partial charge in [0.15, 0.2) is 0 Å². The minimum absolute atomic E-state index is 0.0286. The molecule has 0 aliphatic rings. The summed E-state index contributed by atoms with van der Waals surface area (Å²) < 4.78 is 5.15. The minimum atomic E-state index is -0.264. The third-order valence-corrected chi connectivity index (χ3v) is 4.74. The molecule has 0 atom stereocenters. The summed E-state index contributed by atoms with van der Waals surface area (Å²) in [5, 5.41) is 3.45. The molecule has 7 heteroatoms. The lowest BCUT2D eigenvalue weighted by Crippen LogP contribution is -2.43. The number of benzene rings is 2. The molecule has 0 saturated heterocycles. The van der Waals surface area contributed by atoms with Crippen molar-refractivity contribution in [1.82, 2.24) is 9.80 Å². The number of nitrogens with one attached hydrogen (secondary N) is 1. The maximum atomic E-state index is 12.7. The van der Waals surface area contributed by atoms with Crippen molar-refractivity contribution in [2.24, 2.45) is 0 Å². The van der Waals surface area contributed by atoms with Gasteiger partial charge in [0, 0.05) is 36.4 Å². The van der Waals surface area contributed by atoms with Crippen molar-refractivity contribution in [2.75, 3.05) is 32.6 Å². The second-order valence-corrected chi connectivity index (χ2v) is 7.60. The monoisotopic (exact) mass is 417 g/mol. The second-order valence-electron chi connectivity index (χ2n) is 7.16. The average molecular weight is 418 g/mol. The fourth-order valence-corrected chi connectivity index (χ4v) is 3.00. The largest absolute Gasteiger partial charge is 0.497 e. The standard InChI is InChI=1S/C22H28ClN3O3/c1-16(2)26(13-17-7-5-8-18(23)11-17)15-22(28)25(3)14-21(27)24-19-9-6-10-20(12-19)29-4/h5-12,16H,13-15H2,1-4H3,(H,24,27). The molecule has 1 N–H and O–H groups in total. The van der Waals surface area contributed by atoms with Crippen molar-refractivity contribution in [1.29, 1.82) is 0 Å². The first-order chi connectivity index (χ1) is 13.8. The van der Waals surface area contributed by atoms with E-state index in [2.05, 4.69) is 5.32 Å². The van der Waals surface area contributed by atoms with Crippen LogP contribution in [0.4, 0.5) is 5.69 Å². The van der Waals surface area contributed by atoms with E-state index in [1.165, 1.54) is 4.90 Å². The summed E-state index contributed by atoms with van der Waals surface area (Å²) in [6.45, 7) is 4.86. The summed E-state index contributed by atoms with van der Waals surface area (Å²) in [5.41, 5.74) is 1.66. The molecule has 2 rings (SSSR count). The Hall–Kier alpha value is -2.57. The molecule has 0 heterocycles. The Kier molecular flexibility index (Phi) is 8.49. The van der Waals surface area contributed by atoms with Gasteiger partial charge in [-0.1, -0.05) is 29.8 Å². The quantitative estimate of drug-likeness (QED) is 0.676. The number of halogens is 1. The van der Waals surface area contributed by atoms with Crippen LogP contribution in [0.1, 0.15) is 19.4 Å². The lowest BCUT2D eigenvalue weighted by atomic mass is 10.2. The predicted octanol–water partition coefficient (Wildman–Crippen LogP) is 3.66. The van der Waals surface area contributed by atoms with Gasteiger partial charge in [-0.15, -0.1) is 0 Å². The summed E-state index contributed by atoms with van der Waals surface area (Å²) in [5.74, 6) is 0.266. The molecule has 156 valence electrons. The molecular formula is C22H28ClN3O3. The van der Waals surface area contributed by atoms with Crippen molar-refractivity contribution >= 4 is 29.1 Å². The zero-order chi connectivity index (χ0) is 21.4. The summed E-state index contributed by atoms with van der Waals surface area (Å²) in [7, 11) is 3.20. The number of nitrogens with zero attached hydrogens (tertiary/aromatic N) is 2. The SMILES string of the molecule is COc1cccc(NC(=O)CN(C)C(=O)CN(Cc2cccc(Cl)c2)C(C)C)c1. The Morgan fingerprint density at radius 3 is 2.48 bits per heavy atom. The Bertz CT molecular complexity index is 842. The number of hydrogen-bond acceptors (Lipinski definition) is 4. The second kappa shape index (κ2) is 10.8. The van der Waals surface area contributed by atoms with Gasteiger partial charge in [-0.25, -0.2) is 0 Å². The van der Waals surface area contributed by atoms with E-state index < -0.39 is 0 Å². The summed E-state index contributed by atoms with van der Waals surface area (Å²) in [6, 6.07) is 14.9. The number of rotatable bonds is 9. The molecule has 0 spiro atoms. The Balaban J connectivity index is 1.92. The van der Waals surface area contributed by atoms with Crippen LogP contribution in [0.15, 0.2) is 48.5 Å². The van der Waals surface area contributed by atoms with E-state index in [9.17, 15) is 9.59 Å². The van der Waals surface area contributed by atoms with Crippen molar-refractivity contribution < 1.29 is 14.3 Å². The lowest BCUT2D eigenvalue weighted by Gasteiger charge is -2.28. The number of anilines is 1. The summed E-state index contributed by atoms with van der Waals surface area (Å²) in [4.78, 5) is 28.4. The number of ether oxygens (including phenoxy) is 1. The highest BCUT2D eigenvalue weighted by molar-refractivity contribution is 6.30. The summed E-state index contributed by atoms with van der Waals surface area (Å²) in [6.07, 6.45) is 0. The number of likely N-dealkylation sites (N-methyl/N-ethyl adjacent to an activating group) is 1. The Morgan fingerprint density at radius 2 is 1.83 bits per heavy atom. The van der Waals surface area contributed by atoms with E-state index in [4.69, 9.17) is 16.3 Å². The van der Waals surface area contributed by atoms with Crippen molar-refractivity contribution in [3.8, 4) is 5.75 Å². The molecule has 0 aliphatic carbocycles. The van der Waals surface area contributed by atoms with Crippen LogP contribution in [0.3, 0.4) is 0 Å². The van der Waals surface area contributed by atoms with E-state index in [1.807, 2.05) is 43.0 Å². The fourth-order valence-electron chi connectivity index (χ4n) is 2.79. The van der Waals surface area contributed by atoms with Crippen molar-refractivity contribution in [3.63, 3.8) is 0 Å². The molecule has 0 aliphatic heterocycles. The molecule has 0 fully saturated rings. The Labute approximate surface area is 177 Å². The van der Waals surface area contributed by atoms with E-state index in [0.717, 1.165) is 5.56 Å². The van der Waals surface area contributed by atoms with Crippen LogP contribution in [-0.2, 0) is 16.1 Å². The first kappa shape index (κ1) is 22.7. The van der Waals surface area contributed by atoms with Gasteiger partial charge in [-0.05, 0) is 43.7 Å². The smallest absolute Gasteiger partial charge is 0.243 e. The third kappa shape index (κ3) is 7.40. The molecule has 0 radical (unpaired) electrons. The van der Waals surface area contributed by atoms with Gasteiger partial charge < -0.3 is 15.0 Å². The minimum Gasteiger partial charge on any atom is -0.497 e. The highest BCUT2D eigenvalue weighted by Gasteiger charge is 2.19. The average Bonchev–Trinajstić information content (AvgIpc) is 2.67. The van der Waals surface area contributed by atoms with Gasteiger partial charge in [-0.2, -0.15) is 0 Å². The van der Waals surface area contributed by atoms with Gasteiger partial charge >= 0.3 is 0 Å². The molecule has 2 amide bonds. The van der Waals surface area contributed by atoms with E-state index >= 15 is 0 Å². The molecule has 0 saturated carbocycles. The fraction of sp³-hybridized carbons (Fsp3) is 0.364.